The minimum Gasteiger partial charge on any atom is -0.344 e. The van der Waals surface area contributed by atoms with E-state index in [4.69, 9.17) is 20.2 Å². The summed E-state index contributed by atoms with van der Waals surface area (Å²) >= 11 is 0. The summed E-state index contributed by atoms with van der Waals surface area (Å²) in [4.78, 5) is 18.8. The highest BCUT2D eigenvalue weighted by atomic mass is 19.1. The quantitative estimate of drug-likeness (QED) is 0.514. The van der Waals surface area contributed by atoms with Crippen molar-refractivity contribution in [2.24, 2.45) is 5.73 Å². The number of benzene rings is 1. The Labute approximate surface area is 179 Å². The van der Waals surface area contributed by atoms with Crippen LogP contribution in [0.1, 0.15) is 19.0 Å². The molecule has 1 aromatic carbocycles. The van der Waals surface area contributed by atoms with Gasteiger partial charge in [0.25, 0.3) is 0 Å². The first kappa shape index (κ1) is 21.3. The molecule has 164 valence electrons. The van der Waals surface area contributed by atoms with E-state index in [-0.39, 0.29) is 5.82 Å². The molecule has 0 saturated carbocycles. The van der Waals surface area contributed by atoms with Crippen molar-refractivity contribution in [1.29, 1.82) is 0 Å². The molecule has 10 heteroatoms. The molecule has 3 aromatic rings. The summed E-state index contributed by atoms with van der Waals surface area (Å²) in [5.74, 6) is 0.655. The van der Waals surface area contributed by atoms with E-state index in [1.54, 1.807) is 24.4 Å². The molecule has 1 saturated heterocycles. The predicted octanol–water partition coefficient (Wildman–Crippen LogP) is 2.37. The van der Waals surface area contributed by atoms with Gasteiger partial charge in [-0.05, 0) is 51.4 Å². The highest BCUT2D eigenvalue weighted by Gasteiger charge is 2.32. The van der Waals surface area contributed by atoms with Crippen LogP contribution in [-0.2, 0) is 9.47 Å². The standard InChI is InChI=1S/C21H26FN7O2/c1-21(23)10-30-19(31-11-21)18-27-16(13-4-6-14(22)7-5-13)17(28-18)15-8-9-24-20(26-15)25-12-29(2)3/h4-9,19H,10-12,23H2,1-3H3,(H,27,28)(H,24,25,26). The number of nitrogens with zero attached hydrogens (tertiary/aromatic N) is 4. The summed E-state index contributed by atoms with van der Waals surface area (Å²) in [6, 6.07) is 7.91. The number of rotatable bonds is 6. The van der Waals surface area contributed by atoms with E-state index in [1.807, 2.05) is 25.9 Å². The molecule has 9 nitrogen and oxygen atoms in total. The summed E-state index contributed by atoms with van der Waals surface area (Å²) in [5, 5.41) is 3.16. The van der Waals surface area contributed by atoms with Gasteiger partial charge in [-0.15, -0.1) is 0 Å². The first-order chi connectivity index (χ1) is 14.8. The zero-order valence-corrected chi connectivity index (χ0v) is 17.7. The second-order valence-electron chi connectivity index (χ2n) is 8.14. The molecule has 1 fully saturated rings. The Morgan fingerprint density at radius 3 is 2.58 bits per heavy atom. The van der Waals surface area contributed by atoms with Crippen LogP contribution >= 0.6 is 0 Å². The molecular formula is C21H26FN7O2. The molecule has 2 aromatic heterocycles. The van der Waals surface area contributed by atoms with Crippen molar-refractivity contribution in [3.05, 3.63) is 48.2 Å². The number of hydrogen-bond donors (Lipinski definition) is 3. The predicted molar refractivity (Wildman–Crippen MR) is 114 cm³/mol. The van der Waals surface area contributed by atoms with Crippen LogP contribution in [0.25, 0.3) is 22.6 Å². The number of nitrogens with two attached hydrogens (primary N) is 1. The lowest BCUT2D eigenvalue weighted by Crippen LogP contribution is -2.50. The number of hydrogen-bond acceptors (Lipinski definition) is 8. The van der Waals surface area contributed by atoms with E-state index in [0.29, 0.717) is 48.7 Å². The minimum atomic E-state index is -0.683. The molecule has 0 bridgehead atoms. The second kappa shape index (κ2) is 8.67. The number of nitrogens with one attached hydrogen (secondary N) is 2. The van der Waals surface area contributed by atoms with Gasteiger partial charge in [0.05, 0.1) is 42.5 Å². The molecule has 0 aliphatic carbocycles. The van der Waals surface area contributed by atoms with Gasteiger partial charge in [-0.2, -0.15) is 0 Å². The molecule has 0 unspecified atom stereocenters. The van der Waals surface area contributed by atoms with E-state index < -0.39 is 11.8 Å². The maximum Gasteiger partial charge on any atom is 0.224 e. The molecular weight excluding hydrogens is 401 g/mol. The lowest BCUT2D eigenvalue weighted by molar-refractivity contribution is -0.211. The lowest BCUT2D eigenvalue weighted by Gasteiger charge is -2.33. The topological polar surface area (TPSA) is 114 Å². The second-order valence-corrected chi connectivity index (χ2v) is 8.14. The van der Waals surface area contributed by atoms with Crippen LogP contribution in [0.4, 0.5) is 10.3 Å². The number of aromatic amines is 1. The monoisotopic (exact) mass is 427 g/mol. The van der Waals surface area contributed by atoms with E-state index in [1.165, 1.54) is 12.1 Å². The Balaban J connectivity index is 1.71. The Morgan fingerprint density at radius 2 is 1.90 bits per heavy atom. The Hall–Kier alpha value is -2.92. The summed E-state index contributed by atoms with van der Waals surface area (Å²) in [7, 11) is 3.89. The highest BCUT2D eigenvalue weighted by Crippen LogP contribution is 2.33. The van der Waals surface area contributed by atoms with Crippen LogP contribution in [0.2, 0.25) is 0 Å². The first-order valence-electron chi connectivity index (χ1n) is 9.91. The number of halogens is 1. The molecule has 3 heterocycles. The van der Waals surface area contributed by atoms with Crippen LogP contribution in [-0.4, -0.2) is 64.4 Å². The molecule has 1 aliphatic rings. The van der Waals surface area contributed by atoms with Gasteiger partial charge in [-0.3, -0.25) is 4.90 Å². The lowest BCUT2D eigenvalue weighted by atomic mass is 10.1. The van der Waals surface area contributed by atoms with Crippen molar-refractivity contribution < 1.29 is 13.9 Å². The van der Waals surface area contributed by atoms with Crippen molar-refractivity contribution in [2.45, 2.75) is 18.8 Å². The third kappa shape index (κ3) is 5.05. The van der Waals surface area contributed by atoms with Crippen molar-refractivity contribution in [2.75, 3.05) is 39.3 Å². The number of ether oxygens (including phenoxy) is 2. The average molecular weight is 427 g/mol. The molecule has 0 atom stereocenters. The number of imidazole rings is 1. The van der Waals surface area contributed by atoms with Crippen molar-refractivity contribution in [1.82, 2.24) is 24.8 Å². The highest BCUT2D eigenvalue weighted by molar-refractivity contribution is 5.77. The van der Waals surface area contributed by atoms with E-state index in [2.05, 4.69) is 20.3 Å². The zero-order valence-electron chi connectivity index (χ0n) is 17.7. The Bertz CT molecular complexity index is 1030. The van der Waals surface area contributed by atoms with Gasteiger partial charge in [0.1, 0.15) is 5.82 Å². The summed E-state index contributed by atoms with van der Waals surface area (Å²) in [6.45, 7) is 3.13. The third-order valence-electron chi connectivity index (χ3n) is 4.66. The fraction of sp³-hybridized carbons (Fsp3) is 0.381. The van der Waals surface area contributed by atoms with Crippen LogP contribution in [0.5, 0.6) is 0 Å². The minimum absolute atomic E-state index is 0.320. The van der Waals surface area contributed by atoms with Crippen LogP contribution in [0, 0.1) is 5.82 Å². The summed E-state index contributed by atoms with van der Waals surface area (Å²) in [6.07, 6.45) is 0.987. The molecule has 31 heavy (non-hydrogen) atoms. The molecule has 0 spiro atoms. The van der Waals surface area contributed by atoms with Gasteiger partial charge < -0.3 is 25.5 Å². The number of aromatic nitrogens is 4. The van der Waals surface area contributed by atoms with Gasteiger partial charge >= 0.3 is 0 Å². The van der Waals surface area contributed by atoms with E-state index in [9.17, 15) is 4.39 Å². The molecule has 4 rings (SSSR count). The maximum atomic E-state index is 13.5. The van der Waals surface area contributed by atoms with Crippen molar-refractivity contribution >= 4 is 5.95 Å². The zero-order chi connectivity index (χ0) is 22.0. The normalized spacial score (nSPS) is 21.4. The first-order valence-corrected chi connectivity index (χ1v) is 9.91. The maximum absolute atomic E-state index is 13.5. The number of H-pyrrole nitrogens is 1. The Kier molecular flexibility index (Phi) is 5.96. The van der Waals surface area contributed by atoms with Crippen molar-refractivity contribution in [3.8, 4) is 22.6 Å². The van der Waals surface area contributed by atoms with E-state index in [0.717, 1.165) is 5.56 Å². The molecule has 0 amide bonds. The van der Waals surface area contributed by atoms with Crippen LogP contribution in [0.15, 0.2) is 36.5 Å². The fourth-order valence-corrected chi connectivity index (χ4v) is 3.10. The van der Waals surface area contributed by atoms with Crippen LogP contribution < -0.4 is 11.1 Å². The fourth-order valence-electron chi connectivity index (χ4n) is 3.10. The average Bonchev–Trinajstić information content (AvgIpc) is 3.18. The molecule has 4 N–H and O–H groups in total. The number of anilines is 1. The SMILES string of the molecule is CN(C)CNc1nccc(-c2[nH]c(C3OCC(C)(N)CO3)nc2-c2ccc(F)cc2)n1. The Morgan fingerprint density at radius 1 is 1.19 bits per heavy atom. The largest absolute Gasteiger partial charge is 0.344 e. The van der Waals surface area contributed by atoms with Gasteiger partial charge in [-0.1, -0.05) is 0 Å². The van der Waals surface area contributed by atoms with Gasteiger partial charge in [-0.25, -0.2) is 19.3 Å². The molecule has 0 radical (unpaired) electrons. The van der Waals surface area contributed by atoms with Crippen molar-refractivity contribution in [3.63, 3.8) is 0 Å². The smallest absolute Gasteiger partial charge is 0.224 e. The summed E-state index contributed by atoms with van der Waals surface area (Å²) < 4.78 is 25.0. The van der Waals surface area contributed by atoms with Gasteiger partial charge in [0, 0.05) is 11.8 Å². The van der Waals surface area contributed by atoms with Gasteiger partial charge in [0.2, 0.25) is 12.2 Å². The van der Waals surface area contributed by atoms with E-state index >= 15 is 0 Å². The van der Waals surface area contributed by atoms with Gasteiger partial charge in [0.15, 0.2) is 5.82 Å². The molecule has 1 aliphatic heterocycles. The third-order valence-corrected chi connectivity index (χ3v) is 4.66. The summed E-state index contributed by atoms with van der Waals surface area (Å²) in [5.41, 5.74) is 8.16. The van der Waals surface area contributed by atoms with Crippen LogP contribution in [0.3, 0.4) is 0 Å².